The number of amides is 2. The van der Waals surface area contributed by atoms with E-state index in [4.69, 9.17) is 9.47 Å². The van der Waals surface area contributed by atoms with Crippen molar-refractivity contribution in [1.82, 2.24) is 4.98 Å². The Morgan fingerprint density at radius 2 is 1.86 bits per heavy atom. The van der Waals surface area contributed by atoms with E-state index < -0.39 is 0 Å². The van der Waals surface area contributed by atoms with Crippen LogP contribution in [-0.4, -0.2) is 30.1 Å². The van der Waals surface area contributed by atoms with E-state index in [-0.39, 0.29) is 30.8 Å². The fourth-order valence-corrected chi connectivity index (χ4v) is 5.12. The lowest BCUT2D eigenvalue weighted by Gasteiger charge is -2.17. The highest BCUT2D eigenvalue weighted by Gasteiger charge is 2.26. The first-order valence-electron chi connectivity index (χ1n) is 11.4. The lowest BCUT2D eigenvalue weighted by molar-refractivity contribution is -0.115. The number of carbonyl (C=O) groups is 2. The second-order valence-corrected chi connectivity index (χ2v) is 9.37. The van der Waals surface area contributed by atoms with Crippen LogP contribution in [0.1, 0.15) is 21.5 Å². The predicted molar refractivity (Wildman–Crippen MR) is 134 cm³/mol. The molecule has 3 aromatic carbocycles. The molecule has 0 atom stereocenters. The summed E-state index contributed by atoms with van der Waals surface area (Å²) < 4.78 is 23.9. The topological polar surface area (TPSA) is 80.8 Å². The molecule has 0 bridgehead atoms. The lowest BCUT2D eigenvalue weighted by atomic mass is 10.1. The third kappa shape index (κ3) is 4.29. The Bertz CT molecular complexity index is 1480. The van der Waals surface area contributed by atoms with Crippen LogP contribution in [0.2, 0.25) is 0 Å². The van der Waals surface area contributed by atoms with Crippen molar-refractivity contribution < 1.29 is 23.5 Å². The van der Waals surface area contributed by atoms with Gasteiger partial charge < -0.3 is 19.7 Å². The minimum Gasteiger partial charge on any atom is -0.454 e. The van der Waals surface area contributed by atoms with E-state index >= 15 is 0 Å². The van der Waals surface area contributed by atoms with E-state index in [1.165, 1.54) is 35.6 Å². The van der Waals surface area contributed by atoms with Crippen LogP contribution in [0.3, 0.4) is 0 Å². The number of carbonyl (C=O) groups excluding carboxylic acids is 2. The largest absolute Gasteiger partial charge is 0.454 e. The number of fused-ring (bicyclic) bond motifs is 2. The lowest BCUT2D eigenvalue weighted by Crippen LogP contribution is -2.28. The van der Waals surface area contributed by atoms with Crippen molar-refractivity contribution >= 4 is 34.0 Å². The third-order valence-corrected chi connectivity index (χ3v) is 6.92. The van der Waals surface area contributed by atoms with Crippen molar-refractivity contribution in [3.05, 3.63) is 88.6 Å². The zero-order valence-electron chi connectivity index (χ0n) is 19.0. The molecule has 0 fully saturated rings. The summed E-state index contributed by atoms with van der Waals surface area (Å²) in [6.07, 6.45) is 0.918. The minimum absolute atomic E-state index is 0.150. The van der Waals surface area contributed by atoms with Crippen molar-refractivity contribution in [3.8, 4) is 22.8 Å². The number of hydrogen-bond acceptors (Lipinski definition) is 6. The molecule has 0 saturated carbocycles. The maximum atomic E-state index is 13.2. The second-order valence-electron chi connectivity index (χ2n) is 8.51. The van der Waals surface area contributed by atoms with Crippen LogP contribution in [0.5, 0.6) is 11.5 Å². The van der Waals surface area contributed by atoms with E-state index in [9.17, 15) is 14.0 Å². The number of anilines is 2. The van der Waals surface area contributed by atoms with E-state index in [1.807, 2.05) is 35.7 Å². The van der Waals surface area contributed by atoms with Crippen LogP contribution in [0.25, 0.3) is 11.3 Å². The number of benzene rings is 3. The fourth-order valence-electron chi connectivity index (χ4n) is 4.38. The van der Waals surface area contributed by atoms with Gasteiger partial charge in [-0.15, -0.1) is 11.3 Å². The summed E-state index contributed by atoms with van der Waals surface area (Å²) in [5.41, 5.74) is 4.84. The van der Waals surface area contributed by atoms with Crippen LogP contribution in [0.4, 0.5) is 15.2 Å². The monoisotopic (exact) mass is 501 g/mol. The highest BCUT2D eigenvalue weighted by atomic mass is 32.1. The van der Waals surface area contributed by atoms with E-state index in [0.29, 0.717) is 28.7 Å². The molecule has 4 aromatic rings. The van der Waals surface area contributed by atoms with Crippen molar-refractivity contribution in [1.29, 1.82) is 0 Å². The number of halogens is 1. The van der Waals surface area contributed by atoms with Crippen molar-refractivity contribution in [3.63, 3.8) is 0 Å². The standard InChI is InChI=1S/C27H20FN3O4S/c28-20-5-2-17(3-6-20)26(33)31-10-9-19-13-18(4-7-22(19)31)21-14-36-27(29-21)30-25(32)12-16-1-8-23-24(11-16)35-15-34-23/h1-8,11,13-14H,9-10,12,15H2,(H,29,30,32). The Hall–Kier alpha value is -4.24. The molecule has 180 valence electrons. The molecule has 0 saturated heterocycles. The Labute approximate surface area is 210 Å². The molecule has 9 heteroatoms. The molecule has 6 rings (SSSR count). The SMILES string of the molecule is O=C(Cc1ccc2c(c1)OCO2)Nc1nc(-c2ccc3c(c2)CCN3C(=O)c2ccc(F)cc2)cs1. The third-order valence-electron chi connectivity index (χ3n) is 6.16. The van der Waals surface area contributed by atoms with Crippen LogP contribution in [0.15, 0.2) is 66.0 Å². The summed E-state index contributed by atoms with van der Waals surface area (Å²) in [4.78, 5) is 31.7. The molecular formula is C27H20FN3O4S. The number of aromatic nitrogens is 1. The smallest absolute Gasteiger partial charge is 0.258 e. The summed E-state index contributed by atoms with van der Waals surface area (Å²) in [7, 11) is 0. The summed E-state index contributed by atoms with van der Waals surface area (Å²) in [5.74, 6) is 0.637. The van der Waals surface area contributed by atoms with Crippen LogP contribution in [-0.2, 0) is 17.6 Å². The fraction of sp³-hybridized carbons (Fsp3) is 0.148. The number of ether oxygens (including phenoxy) is 2. The van der Waals surface area contributed by atoms with Crippen molar-refractivity contribution in [2.45, 2.75) is 12.8 Å². The molecule has 2 aliphatic rings. The molecule has 1 N–H and O–H groups in total. The molecule has 2 aliphatic heterocycles. The van der Waals surface area contributed by atoms with Crippen LogP contribution < -0.4 is 19.7 Å². The van der Waals surface area contributed by atoms with Gasteiger partial charge in [0.1, 0.15) is 5.82 Å². The van der Waals surface area contributed by atoms with Crippen molar-refractivity contribution in [2.75, 3.05) is 23.6 Å². The van der Waals surface area contributed by atoms with Gasteiger partial charge >= 0.3 is 0 Å². The average Bonchev–Trinajstić information content (AvgIpc) is 3.63. The van der Waals surface area contributed by atoms with Gasteiger partial charge in [-0.25, -0.2) is 9.37 Å². The molecule has 3 heterocycles. The maximum absolute atomic E-state index is 13.2. The number of nitrogens with zero attached hydrogens (tertiary/aromatic N) is 2. The first kappa shape index (κ1) is 22.2. The molecule has 0 unspecified atom stereocenters. The molecule has 36 heavy (non-hydrogen) atoms. The van der Waals surface area contributed by atoms with Gasteiger partial charge in [0, 0.05) is 28.7 Å². The highest BCUT2D eigenvalue weighted by Crippen LogP contribution is 2.35. The molecule has 0 spiro atoms. The number of thiazole rings is 1. The van der Waals surface area contributed by atoms with Crippen LogP contribution >= 0.6 is 11.3 Å². The molecule has 0 radical (unpaired) electrons. The Balaban J connectivity index is 1.13. The minimum atomic E-state index is -0.371. The average molecular weight is 502 g/mol. The predicted octanol–water partition coefficient (Wildman–Crippen LogP) is 5.06. The molecule has 1 aromatic heterocycles. The molecule has 0 aliphatic carbocycles. The molecule has 7 nitrogen and oxygen atoms in total. The number of rotatable bonds is 5. The maximum Gasteiger partial charge on any atom is 0.258 e. The zero-order valence-corrected chi connectivity index (χ0v) is 19.8. The summed E-state index contributed by atoms with van der Waals surface area (Å²) in [5, 5.41) is 5.28. The first-order chi connectivity index (χ1) is 17.5. The Morgan fingerprint density at radius 3 is 2.72 bits per heavy atom. The highest BCUT2D eigenvalue weighted by molar-refractivity contribution is 7.14. The van der Waals surface area contributed by atoms with Gasteiger partial charge in [-0.05, 0) is 66.1 Å². The number of nitrogens with one attached hydrogen (secondary N) is 1. The Kier molecular flexibility index (Phi) is 5.61. The van der Waals surface area contributed by atoms with E-state index in [1.54, 1.807) is 11.0 Å². The van der Waals surface area contributed by atoms with Gasteiger partial charge in [0.15, 0.2) is 16.6 Å². The second kappa shape index (κ2) is 9.09. The normalized spacial score (nSPS) is 13.5. The summed E-state index contributed by atoms with van der Waals surface area (Å²) in [6.45, 7) is 0.755. The molecular weight excluding hydrogens is 481 g/mol. The van der Waals surface area contributed by atoms with Crippen LogP contribution in [0, 0.1) is 5.82 Å². The Morgan fingerprint density at radius 1 is 1.03 bits per heavy atom. The summed E-state index contributed by atoms with van der Waals surface area (Å²) in [6, 6.07) is 16.9. The van der Waals surface area contributed by atoms with Gasteiger partial charge in [-0.3, -0.25) is 9.59 Å². The first-order valence-corrected chi connectivity index (χ1v) is 12.3. The number of hydrogen-bond donors (Lipinski definition) is 1. The molecule has 2 amide bonds. The summed E-state index contributed by atoms with van der Waals surface area (Å²) >= 11 is 1.36. The van der Waals surface area contributed by atoms with Gasteiger partial charge in [-0.1, -0.05) is 12.1 Å². The van der Waals surface area contributed by atoms with Gasteiger partial charge in [0.25, 0.3) is 5.91 Å². The van der Waals surface area contributed by atoms with Gasteiger partial charge in [0.2, 0.25) is 12.7 Å². The van der Waals surface area contributed by atoms with E-state index in [2.05, 4.69) is 10.3 Å². The van der Waals surface area contributed by atoms with Gasteiger partial charge in [-0.2, -0.15) is 0 Å². The zero-order chi connectivity index (χ0) is 24.6. The quantitative estimate of drug-likeness (QED) is 0.413. The van der Waals surface area contributed by atoms with Crippen molar-refractivity contribution in [2.24, 2.45) is 0 Å². The van der Waals surface area contributed by atoms with E-state index in [0.717, 1.165) is 34.5 Å². The van der Waals surface area contributed by atoms with Gasteiger partial charge in [0.05, 0.1) is 12.1 Å².